The average molecular weight is 355 g/mol. The summed E-state index contributed by atoms with van der Waals surface area (Å²) < 4.78 is 0. The van der Waals surface area contributed by atoms with E-state index in [1.54, 1.807) is 24.4 Å². The summed E-state index contributed by atoms with van der Waals surface area (Å²) in [6.45, 7) is 6.06. The fraction of sp³-hybridized carbons (Fsp3) is 0.250. The number of anilines is 1. The summed E-state index contributed by atoms with van der Waals surface area (Å²) in [7, 11) is 0. The molecule has 0 radical (unpaired) electrons. The number of nitrogens with zero attached hydrogens (tertiary/aromatic N) is 2. The van der Waals surface area contributed by atoms with Gasteiger partial charge in [-0.05, 0) is 44.5 Å². The maximum Gasteiger partial charge on any atom is 0.224 e. The number of halogens is 3. The van der Waals surface area contributed by atoms with Crippen LogP contribution < -0.4 is 5.32 Å². The number of hydrogen-bond donors (Lipinski definition) is 1. The molecule has 2 aromatic rings. The van der Waals surface area contributed by atoms with Gasteiger partial charge in [0.25, 0.3) is 0 Å². The van der Waals surface area contributed by atoms with Crippen molar-refractivity contribution in [3.05, 3.63) is 50.9 Å². The van der Waals surface area contributed by atoms with E-state index in [9.17, 15) is 0 Å². The molecule has 0 atom stereocenters. The molecular formula is C16H14Cl3N3. The first-order chi connectivity index (χ1) is 10.3. The second kappa shape index (κ2) is 6.75. The predicted octanol–water partition coefficient (Wildman–Crippen LogP) is 5.05. The molecule has 0 saturated heterocycles. The molecule has 0 aliphatic rings. The van der Waals surface area contributed by atoms with Crippen LogP contribution in [0.1, 0.15) is 31.9 Å². The van der Waals surface area contributed by atoms with E-state index < -0.39 is 0 Å². The second-order valence-corrected chi connectivity index (χ2v) is 6.78. The van der Waals surface area contributed by atoms with Gasteiger partial charge in [-0.15, -0.1) is 0 Å². The molecule has 0 aliphatic heterocycles. The van der Waals surface area contributed by atoms with Gasteiger partial charge in [0.1, 0.15) is 5.82 Å². The van der Waals surface area contributed by atoms with Crippen LogP contribution in [0.4, 0.5) is 5.82 Å². The van der Waals surface area contributed by atoms with E-state index in [1.807, 2.05) is 20.8 Å². The summed E-state index contributed by atoms with van der Waals surface area (Å²) in [6, 6.07) is 5.25. The van der Waals surface area contributed by atoms with Crippen LogP contribution in [-0.2, 0) is 0 Å². The zero-order valence-corrected chi connectivity index (χ0v) is 14.6. The highest BCUT2D eigenvalue weighted by Gasteiger charge is 2.14. The largest absolute Gasteiger partial charge is 0.364 e. The summed E-state index contributed by atoms with van der Waals surface area (Å²) in [5, 5.41) is 4.41. The predicted molar refractivity (Wildman–Crippen MR) is 92.9 cm³/mol. The Morgan fingerprint density at radius 1 is 1.05 bits per heavy atom. The fourth-order valence-corrected chi connectivity index (χ4v) is 2.27. The van der Waals surface area contributed by atoms with E-state index >= 15 is 0 Å². The normalized spacial score (nSPS) is 10.8. The highest BCUT2D eigenvalue weighted by atomic mass is 35.5. The monoisotopic (exact) mass is 353 g/mol. The summed E-state index contributed by atoms with van der Waals surface area (Å²) in [6.07, 6.45) is 1.57. The van der Waals surface area contributed by atoms with Gasteiger partial charge in [0.05, 0.1) is 21.2 Å². The Labute approximate surface area is 145 Å². The number of rotatable bonds is 1. The summed E-state index contributed by atoms with van der Waals surface area (Å²) >= 11 is 18.1. The minimum absolute atomic E-state index is 0.160. The molecule has 0 unspecified atom stereocenters. The fourth-order valence-electron chi connectivity index (χ4n) is 1.65. The van der Waals surface area contributed by atoms with E-state index in [0.29, 0.717) is 27.0 Å². The van der Waals surface area contributed by atoms with Crippen molar-refractivity contribution in [2.45, 2.75) is 26.3 Å². The van der Waals surface area contributed by atoms with Crippen LogP contribution in [0.25, 0.3) is 0 Å². The molecule has 0 aliphatic carbocycles. The maximum absolute atomic E-state index is 6.11. The van der Waals surface area contributed by atoms with Gasteiger partial charge in [-0.3, -0.25) is 0 Å². The van der Waals surface area contributed by atoms with Gasteiger partial charge in [-0.1, -0.05) is 41.1 Å². The lowest BCUT2D eigenvalue weighted by atomic mass is 10.1. The van der Waals surface area contributed by atoms with Gasteiger partial charge in [0.2, 0.25) is 5.28 Å². The van der Waals surface area contributed by atoms with Crippen molar-refractivity contribution < 1.29 is 0 Å². The van der Waals surface area contributed by atoms with Gasteiger partial charge >= 0.3 is 0 Å². The Balaban J connectivity index is 2.45. The lowest BCUT2D eigenvalue weighted by Crippen LogP contribution is -2.27. The summed E-state index contributed by atoms with van der Waals surface area (Å²) in [4.78, 5) is 8.16. The molecule has 1 aromatic carbocycles. The van der Waals surface area contributed by atoms with Gasteiger partial charge in [-0.25, -0.2) is 4.98 Å². The molecular weight excluding hydrogens is 341 g/mol. The Morgan fingerprint density at radius 3 is 2.27 bits per heavy atom. The number of nitrogens with one attached hydrogen (secondary N) is 1. The zero-order chi connectivity index (χ0) is 16.3. The topological polar surface area (TPSA) is 37.8 Å². The molecule has 114 valence electrons. The smallest absolute Gasteiger partial charge is 0.224 e. The molecule has 1 N–H and O–H groups in total. The molecule has 6 heteroatoms. The molecule has 22 heavy (non-hydrogen) atoms. The van der Waals surface area contributed by atoms with Crippen LogP contribution in [0.3, 0.4) is 0 Å². The lowest BCUT2D eigenvalue weighted by molar-refractivity contribution is 0.629. The second-order valence-electron chi connectivity index (χ2n) is 5.62. The third-order valence-corrected chi connectivity index (χ3v) is 3.35. The van der Waals surface area contributed by atoms with Crippen LogP contribution in [0.15, 0.2) is 24.4 Å². The van der Waals surface area contributed by atoms with Gasteiger partial charge < -0.3 is 5.32 Å². The van der Waals surface area contributed by atoms with E-state index in [1.165, 1.54) is 0 Å². The Bertz CT molecular complexity index is 735. The van der Waals surface area contributed by atoms with Crippen molar-refractivity contribution in [2.75, 3.05) is 5.32 Å². The molecule has 0 saturated carbocycles. The molecule has 1 aromatic heterocycles. The van der Waals surface area contributed by atoms with Crippen LogP contribution in [0.2, 0.25) is 15.3 Å². The molecule has 2 rings (SSSR count). The third kappa shape index (κ3) is 4.51. The van der Waals surface area contributed by atoms with Crippen molar-refractivity contribution in [1.82, 2.24) is 9.97 Å². The van der Waals surface area contributed by atoms with E-state index in [0.717, 1.165) is 0 Å². The maximum atomic E-state index is 6.11. The average Bonchev–Trinajstić information content (AvgIpc) is 2.38. The van der Waals surface area contributed by atoms with Crippen molar-refractivity contribution in [3.8, 4) is 11.8 Å². The van der Waals surface area contributed by atoms with Crippen LogP contribution in [0.5, 0.6) is 0 Å². The first kappa shape index (κ1) is 16.9. The standard InChI is InChI=1S/C16H14Cl3N3/c1-16(2,3)22-14-10(9-20-15(19)21-14)7-8-11-12(17)5-4-6-13(11)18/h4-6,9H,1-3H3,(H,20,21,22). The lowest BCUT2D eigenvalue weighted by Gasteiger charge is -2.21. The van der Waals surface area contributed by atoms with E-state index in [4.69, 9.17) is 34.8 Å². The van der Waals surface area contributed by atoms with Crippen molar-refractivity contribution in [2.24, 2.45) is 0 Å². The van der Waals surface area contributed by atoms with E-state index in [2.05, 4.69) is 27.1 Å². The minimum atomic E-state index is -0.184. The SMILES string of the molecule is CC(C)(C)Nc1nc(Cl)ncc1C#Cc1c(Cl)cccc1Cl. The highest BCUT2D eigenvalue weighted by Crippen LogP contribution is 2.24. The first-order valence-electron chi connectivity index (χ1n) is 6.53. The summed E-state index contributed by atoms with van der Waals surface area (Å²) in [5.74, 6) is 6.53. The number of hydrogen-bond acceptors (Lipinski definition) is 3. The van der Waals surface area contributed by atoms with Crippen molar-refractivity contribution >= 4 is 40.6 Å². The van der Waals surface area contributed by atoms with Crippen molar-refractivity contribution in [3.63, 3.8) is 0 Å². The third-order valence-electron chi connectivity index (χ3n) is 2.54. The molecule has 0 fully saturated rings. The van der Waals surface area contributed by atoms with Crippen LogP contribution in [-0.4, -0.2) is 15.5 Å². The van der Waals surface area contributed by atoms with E-state index in [-0.39, 0.29) is 10.8 Å². The van der Waals surface area contributed by atoms with Gasteiger partial charge in [0, 0.05) is 11.7 Å². The summed E-state index contributed by atoms with van der Waals surface area (Å²) in [5.41, 5.74) is 1.01. The highest BCUT2D eigenvalue weighted by molar-refractivity contribution is 6.36. The molecule has 3 nitrogen and oxygen atoms in total. The Morgan fingerprint density at radius 2 is 1.68 bits per heavy atom. The first-order valence-corrected chi connectivity index (χ1v) is 7.66. The zero-order valence-electron chi connectivity index (χ0n) is 12.3. The Hall–Kier alpha value is -1.47. The van der Waals surface area contributed by atoms with Crippen LogP contribution >= 0.6 is 34.8 Å². The molecule has 1 heterocycles. The molecule has 0 spiro atoms. The molecule has 0 amide bonds. The Kier molecular flexibility index (Phi) is 5.18. The number of aromatic nitrogens is 2. The van der Waals surface area contributed by atoms with Gasteiger partial charge in [0.15, 0.2) is 0 Å². The van der Waals surface area contributed by atoms with Crippen molar-refractivity contribution in [1.29, 1.82) is 0 Å². The quantitative estimate of drug-likeness (QED) is 0.575. The van der Waals surface area contributed by atoms with Crippen LogP contribution in [0, 0.1) is 11.8 Å². The van der Waals surface area contributed by atoms with Gasteiger partial charge in [-0.2, -0.15) is 4.98 Å². The number of benzene rings is 1. The molecule has 0 bridgehead atoms. The minimum Gasteiger partial charge on any atom is -0.364 e.